The zero-order valence-corrected chi connectivity index (χ0v) is 10.5. The SMILES string of the molecule is Cc1cnc(Cl)c(NC(=O)c2ccc(CN)o2)c1. The van der Waals surface area contributed by atoms with Crippen LogP contribution in [0, 0.1) is 6.92 Å². The summed E-state index contributed by atoms with van der Waals surface area (Å²) in [4.78, 5) is 15.8. The van der Waals surface area contributed by atoms with E-state index in [0.29, 0.717) is 11.4 Å². The van der Waals surface area contributed by atoms with E-state index in [4.69, 9.17) is 21.8 Å². The maximum Gasteiger partial charge on any atom is 0.291 e. The first-order chi connectivity index (χ1) is 8.60. The third kappa shape index (κ3) is 2.69. The standard InChI is InChI=1S/C12H12ClN3O2/c1-7-4-9(11(13)15-6-7)16-12(17)10-3-2-8(5-14)18-10/h2-4,6H,5,14H2,1H3,(H,16,17). The van der Waals surface area contributed by atoms with E-state index in [1.54, 1.807) is 24.4 Å². The Morgan fingerprint density at radius 3 is 3.00 bits per heavy atom. The zero-order valence-electron chi connectivity index (χ0n) is 9.74. The lowest BCUT2D eigenvalue weighted by Gasteiger charge is -2.05. The van der Waals surface area contributed by atoms with Gasteiger partial charge in [0.1, 0.15) is 5.76 Å². The molecule has 0 saturated carbocycles. The van der Waals surface area contributed by atoms with Crippen LogP contribution in [-0.4, -0.2) is 10.9 Å². The molecule has 0 radical (unpaired) electrons. The molecule has 0 aromatic carbocycles. The minimum atomic E-state index is -0.385. The number of aromatic nitrogens is 1. The Bertz CT molecular complexity index is 580. The molecule has 0 spiro atoms. The van der Waals surface area contributed by atoms with E-state index < -0.39 is 0 Å². The largest absolute Gasteiger partial charge is 0.455 e. The number of amides is 1. The molecule has 18 heavy (non-hydrogen) atoms. The van der Waals surface area contributed by atoms with Gasteiger partial charge in [0.2, 0.25) is 0 Å². The highest BCUT2D eigenvalue weighted by atomic mass is 35.5. The summed E-state index contributed by atoms with van der Waals surface area (Å²) < 4.78 is 5.24. The molecule has 0 unspecified atom stereocenters. The second-order valence-electron chi connectivity index (χ2n) is 3.78. The first kappa shape index (κ1) is 12.6. The number of carbonyl (C=O) groups is 1. The number of nitrogens with one attached hydrogen (secondary N) is 1. The fraction of sp³-hybridized carbons (Fsp3) is 0.167. The van der Waals surface area contributed by atoms with Gasteiger partial charge in [-0.15, -0.1) is 0 Å². The average Bonchev–Trinajstić information content (AvgIpc) is 2.82. The van der Waals surface area contributed by atoms with Gasteiger partial charge in [0.15, 0.2) is 10.9 Å². The number of furan rings is 1. The van der Waals surface area contributed by atoms with Crippen molar-refractivity contribution in [3.8, 4) is 0 Å². The highest BCUT2D eigenvalue weighted by Gasteiger charge is 2.13. The highest BCUT2D eigenvalue weighted by Crippen LogP contribution is 2.20. The predicted molar refractivity (Wildman–Crippen MR) is 68.5 cm³/mol. The second-order valence-corrected chi connectivity index (χ2v) is 4.13. The Kier molecular flexibility index (Phi) is 3.64. The van der Waals surface area contributed by atoms with Crippen LogP contribution in [0.4, 0.5) is 5.69 Å². The van der Waals surface area contributed by atoms with Crippen LogP contribution in [0.1, 0.15) is 21.9 Å². The number of halogens is 1. The van der Waals surface area contributed by atoms with E-state index in [9.17, 15) is 4.79 Å². The van der Waals surface area contributed by atoms with Crippen molar-refractivity contribution in [3.05, 3.63) is 46.6 Å². The molecular formula is C12H12ClN3O2. The normalized spacial score (nSPS) is 10.4. The summed E-state index contributed by atoms with van der Waals surface area (Å²) in [5.41, 5.74) is 6.75. The van der Waals surface area contributed by atoms with Crippen LogP contribution in [-0.2, 0) is 6.54 Å². The first-order valence-corrected chi connectivity index (χ1v) is 5.70. The van der Waals surface area contributed by atoms with Crippen LogP contribution >= 0.6 is 11.6 Å². The summed E-state index contributed by atoms with van der Waals surface area (Å²) in [5, 5.41) is 2.87. The molecule has 0 bridgehead atoms. The van der Waals surface area contributed by atoms with Gasteiger partial charge in [-0.25, -0.2) is 4.98 Å². The van der Waals surface area contributed by atoms with Crippen molar-refractivity contribution in [2.24, 2.45) is 5.73 Å². The number of nitrogens with zero attached hydrogens (tertiary/aromatic N) is 1. The maximum absolute atomic E-state index is 11.9. The Hall–Kier alpha value is -1.85. The molecule has 2 heterocycles. The van der Waals surface area contributed by atoms with Gasteiger partial charge in [0, 0.05) is 6.20 Å². The topological polar surface area (TPSA) is 81.2 Å². The lowest BCUT2D eigenvalue weighted by molar-refractivity contribution is 0.0995. The molecule has 1 amide bonds. The lowest BCUT2D eigenvalue weighted by atomic mass is 10.3. The van der Waals surface area contributed by atoms with Crippen molar-refractivity contribution in [1.29, 1.82) is 0 Å². The minimum absolute atomic E-state index is 0.188. The van der Waals surface area contributed by atoms with Gasteiger partial charge < -0.3 is 15.5 Å². The van der Waals surface area contributed by atoms with Gasteiger partial charge in [-0.2, -0.15) is 0 Å². The molecule has 0 aliphatic heterocycles. The third-order valence-corrected chi connectivity index (χ3v) is 2.61. The summed E-state index contributed by atoms with van der Waals surface area (Å²) in [7, 11) is 0. The fourth-order valence-corrected chi connectivity index (χ4v) is 1.58. The van der Waals surface area contributed by atoms with Crippen LogP contribution in [0.5, 0.6) is 0 Å². The van der Waals surface area contributed by atoms with E-state index in [2.05, 4.69) is 10.3 Å². The van der Waals surface area contributed by atoms with Gasteiger partial charge in [-0.05, 0) is 30.7 Å². The number of carbonyl (C=O) groups excluding carboxylic acids is 1. The monoisotopic (exact) mass is 265 g/mol. The number of hydrogen-bond acceptors (Lipinski definition) is 4. The number of nitrogens with two attached hydrogens (primary N) is 1. The molecule has 5 nitrogen and oxygen atoms in total. The molecular weight excluding hydrogens is 254 g/mol. The predicted octanol–water partition coefficient (Wildman–Crippen LogP) is 2.35. The Balaban J connectivity index is 2.18. The molecule has 2 aromatic heterocycles. The molecule has 0 saturated heterocycles. The van der Waals surface area contributed by atoms with Gasteiger partial charge in [-0.3, -0.25) is 4.79 Å². The summed E-state index contributed by atoms with van der Waals surface area (Å²) in [6.07, 6.45) is 1.62. The van der Waals surface area contributed by atoms with Crippen LogP contribution < -0.4 is 11.1 Å². The molecule has 0 atom stereocenters. The Morgan fingerprint density at radius 1 is 1.56 bits per heavy atom. The van der Waals surface area contributed by atoms with Gasteiger partial charge >= 0.3 is 0 Å². The number of aryl methyl sites for hydroxylation is 1. The number of hydrogen-bond donors (Lipinski definition) is 2. The average molecular weight is 266 g/mol. The van der Waals surface area contributed by atoms with E-state index in [1.165, 1.54) is 0 Å². The van der Waals surface area contributed by atoms with Crippen molar-refractivity contribution in [2.45, 2.75) is 13.5 Å². The van der Waals surface area contributed by atoms with E-state index >= 15 is 0 Å². The number of anilines is 1. The van der Waals surface area contributed by atoms with E-state index in [0.717, 1.165) is 5.56 Å². The number of pyridine rings is 1. The van der Waals surface area contributed by atoms with E-state index in [1.807, 2.05) is 6.92 Å². The fourth-order valence-electron chi connectivity index (χ4n) is 1.43. The third-order valence-electron chi connectivity index (χ3n) is 2.31. The van der Waals surface area contributed by atoms with Crippen molar-refractivity contribution in [1.82, 2.24) is 4.98 Å². The smallest absolute Gasteiger partial charge is 0.291 e. The molecule has 0 aliphatic carbocycles. The second kappa shape index (κ2) is 5.20. The van der Waals surface area contributed by atoms with Crippen LogP contribution in [0.25, 0.3) is 0 Å². The molecule has 2 aromatic rings. The molecule has 0 fully saturated rings. The van der Waals surface area contributed by atoms with Crippen molar-refractivity contribution in [3.63, 3.8) is 0 Å². The molecule has 6 heteroatoms. The van der Waals surface area contributed by atoms with Crippen molar-refractivity contribution >= 4 is 23.2 Å². The summed E-state index contributed by atoms with van der Waals surface area (Å²) in [6.45, 7) is 2.11. The lowest BCUT2D eigenvalue weighted by Crippen LogP contribution is -2.11. The molecule has 0 aliphatic rings. The molecule has 94 valence electrons. The van der Waals surface area contributed by atoms with Crippen molar-refractivity contribution in [2.75, 3.05) is 5.32 Å². The number of rotatable bonds is 3. The van der Waals surface area contributed by atoms with Crippen molar-refractivity contribution < 1.29 is 9.21 Å². The van der Waals surface area contributed by atoms with Gasteiger partial charge in [-0.1, -0.05) is 11.6 Å². The maximum atomic E-state index is 11.9. The Labute approximate surface area is 109 Å². The molecule has 3 N–H and O–H groups in total. The summed E-state index contributed by atoms with van der Waals surface area (Å²) >= 11 is 5.88. The van der Waals surface area contributed by atoms with Gasteiger partial charge in [0.05, 0.1) is 12.2 Å². The van der Waals surface area contributed by atoms with E-state index in [-0.39, 0.29) is 23.4 Å². The highest BCUT2D eigenvalue weighted by molar-refractivity contribution is 6.32. The Morgan fingerprint density at radius 2 is 2.33 bits per heavy atom. The summed E-state index contributed by atoms with van der Waals surface area (Å²) in [6, 6.07) is 4.96. The summed E-state index contributed by atoms with van der Waals surface area (Å²) in [5.74, 6) is 0.352. The minimum Gasteiger partial charge on any atom is -0.455 e. The van der Waals surface area contributed by atoms with Crippen LogP contribution in [0.3, 0.4) is 0 Å². The van der Waals surface area contributed by atoms with Gasteiger partial charge in [0.25, 0.3) is 5.91 Å². The van der Waals surface area contributed by atoms with Crippen LogP contribution in [0.15, 0.2) is 28.8 Å². The quantitative estimate of drug-likeness (QED) is 0.835. The molecule has 2 rings (SSSR count). The zero-order chi connectivity index (χ0) is 13.1. The van der Waals surface area contributed by atoms with Crippen LogP contribution in [0.2, 0.25) is 5.15 Å². The first-order valence-electron chi connectivity index (χ1n) is 5.32.